The summed E-state index contributed by atoms with van der Waals surface area (Å²) in [6, 6.07) is 8.30. The lowest BCUT2D eigenvalue weighted by Gasteiger charge is -2.33. The van der Waals surface area contributed by atoms with Gasteiger partial charge < -0.3 is 10.6 Å². The second-order valence-corrected chi connectivity index (χ2v) is 5.86. The number of hydrogen-bond acceptors (Lipinski definition) is 2. The number of rotatable bonds is 3. The van der Waals surface area contributed by atoms with Crippen LogP contribution in [0.3, 0.4) is 0 Å². The first kappa shape index (κ1) is 14.1. The average molecular weight is 260 g/mol. The largest absolute Gasteiger partial charge is 0.349 e. The highest BCUT2D eigenvalue weighted by molar-refractivity contribution is 5.82. The van der Waals surface area contributed by atoms with Gasteiger partial charge in [0.25, 0.3) is 0 Å². The van der Waals surface area contributed by atoms with Crippen molar-refractivity contribution in [1.29, 1.82) is 0 Å². The molecule has 0 bridgehead atoms. The van der Waals surface area contributed by atoms with Crippen LogP contribution in [0.25, 0.3) is 0 Å². The van der Waals surface area contributed by atoms with Gasteiger partial charge in [-0.3, -0.25) is 4.79 Å². The molecule has 1 saturated heterocycles. The number of nitrogens with one attached hydrogen (secondary N) is 2. The molecule has 0 aromatic heterocycles. The van der Waals surface area contributed by atoms with Crippen LogP contribution in [0.1, 0.15) is 43.9 Å². The van der Waals surface area contributed by atoms with Crippen molar-refractivity contribution >= 4 is 5.91 Å². The number of aryl methyl sites for hydroxylation is 1. The fourth-order valence-electron chi connectivity index (χ4n) is 2.73. The van der Waals surface area contributed by atoms with Crippen molar-refractivity contribution in [3.8, 4) is 0 Å². The normalized spacial score (nSPS) is 19.7. The molecule has 19 heavy (non-hydrogen) atoms. The first-order valence-corrected chi connectivity index (χ1v) is 7.10. The number of carbonyl (C=O) groups excluding carboxylic acids is 1. The lowest BCUT2D eigenvalue weighted by molar-refractivity contribution is -0.132. The minimum absolute atomic E-state index is 0.0698. The third-order valence-corrected chi connectivity index (χ3v) is 4.26. The standard InChI is InChI=1S/C16H24N2O/c1-12-6-4-5-7-14(12)13(2)18-15(19)16(3)8-10-17-11-9-16/h4-7,13,17H,8-11H2,1-3H3,(H,18,19)/t13-/m0/s1. The van der Waals surface area contributed by atoms with Crippen molar-refractivity contribution in [2.24, 2.45) is 5.41 Å². The molecule has 1 heterocycles. The van der Waals surface area contributed by atoms with E-state index < -0.39 is 0 Å². The van der Waals surface area contributed by atoms with Crippen LogP contribution >= 0.6 is 0 Å². The van der Waals surface area contributed by atoms with E-state index in [-0.39, 0.29) is 17.4 Å². The third kappa shape index (κ3) is 3.16. The summed E-state index contributed by atoms with van der Waals surface area (Å²) in [5.41, 5.74) is 2.21. The molecule has 0 unspecified atom stereocenters. The SMILES string of the molecule is Cc1ccccc1[C@H](C)NC(=O)C1(C)CCNCC1. The van der Waals surface area contributed by atoms with E-state index in [1.54, 1.807) is 0 Å². The zero-order valence-electron chi connectivity index (χ0n) is 12.1. The summed E-state index contributed by atoms with van der Waals surface area (Å²) in [5.74, 6) is 0.185. The van der Waals surface area contributed by atoms with E-state index in [0.29, 0.717) is 0 Å². The van der Waals surface area contributed by atoms with Crippen molar-refractivity contribution in [3.05, 3.63) is 35.4 Å². The van der Waals surface area contributed by atoms with Gasteiger partial charge in [-0.25, -0.2) is 0 Å². The van der Waals surface area contributed by atoms with Gasteiger partial charge in [-0.15, -0.1) is 0 Å². The molecule has 3 nitrogen and oxygen atoms in total. The quantitative estimate of drug-likeness (QED) is 0.877. The van der Waals surface area contributed by atoms with Crippen LogP contribution in [0.4, 0.5) is 0 Å². The molecule has 0 aliphatic carbocycles. The minimum Gasteiger partial charge on any atom is -0.349 e. The highest BCUT2D eigenvalue weighted by atomic mass is 16.2. The predicted molar refractivity (Wildman–Crippen MR) is 77.9 cm³/mol. The molecule has 2 N–H and O–H groups in total. The maximum atomic E-state index is 12.5. The van der Waals surface area contributed by atoms with Crippen LogP contribution in [-0.2, 0) is 4.79 Å². The molecule has 2 rings (SSSR count). The topological polar surface area (TPSA) is 41.1 Å². The zero-order valence-corrected chi connectivity index (χ0v) is 12.1. The molecule has 0 saturated carbocycles. The van der Waals surface area contributed by atoms with E-state index in [9.17, 15) is 4.79 Å². The van der Waals surface area contributed by atoms with Crippen molar-refractivity contribution in [2.75, 3.05) is 13.1 Å². The van der Waals surface area contributed by atoms with Crippen molar-refractivity contribution in [2.45, 2.75) is 39.7 Å². The van der Waals surface area contributed by atoms with Gasteiger partial charge in [-0.2, -0.15) is 0 Å². The first-order chi connectivity index (χ1) is 9.03. The molecule has 104 valence electrons. The molecule has 3 heteroatoms. The fourth-order valence-corrected chi connectivity index (χ4v) is 2.73. The Bertz CT molecular complexity index is 450. The van der Waals surface area contributed by atoms with Crippen LogP contribution in [0.15, 0.2) is 24.3 Å². The summed E-state index contributed by atoms with van der Waals surface area (Å²) in [4.78, 5) is 12.5. The van der Waals surface area contributed by atoms with Gasteiger partial charge in [0.05, 0.1) is 6.04 Å². The number of piperidine rings is 1. The van der Waals surface area contributed by atoms with Crippen LogP contribution in [0, 0.1) is 12.3 Å². The smallest absolute Gasteiger partial charge is 0.226 e. The molecular weight excluding hydrogens is 236 g/mol. The van der Waals surface area contributed by atoms with Gasteiger partial charge in [0.2, 0.25) is 5.91 Å². The van der Waals surface area contributed by atoms with E-state index in [1.165, 1.54) is 11.1 Å². The molecule has 1 atom stereocenters. The van der Waals surface area contributed by atoms with Crippen molar-refractivity contribution < 1.29 is 4.79 Å². The molecule has 1 aliphatic rings. The second-order valence-electron chi connectivity index (χ2n) is 5.86. The maximum Gasteiger partial charge on any atom is 0.226 e. The Labute approximate surface area is 115 Å². The Morgan fingerprint density at radius 2 is 1.95 bits per heavy atom. The van der Waals surface area contributed by atoms with Gasteiger partial charge in [0, 0.05) is 5.41 Å². The lowest BCUT2D eigenvalue weighted by Crippen LogP contribution is -2.46. The summed E-state index contributed by atoms with van der Waals surface area (Å²) in [6.07, 6.45) is 1.83. The van der Waals surface area contributed by atoms with Crippen LogP contribution in [0.5, 0.6) is 0 Å². The molecule has 1 amide bonds. The summed E-state index contributed by atoms with van der Waals surface area (Å²) >= 11 is 0. The lowest BCUT2D eigenvalue weighted by atomic mass is 9.80. The second kappa shape index (κ2) is 5.74. The molecule has 1 aromatic rings. The van der Waals surface area contributed by atoms with Crippen LogP contribution < -0.4 is 10.6 Å². The third-order valence-electron chi connectivity index (χ3n) is 4.26. The molecule has 0 spiro atoms. The van der Waals surface area contributed by atoms with Gasteiger partial charge >= 0.3 is 0 Å². The van der Waals surface area contributed by atoms with E-state index in [4.69, 9.17) is 0 Å². The number of carbonyl (C=O) groups is 1. The van der Waals surface area contributed by atoms with E-state index in [0.717, 1.165) is 25.9 Å². The van der Waals surface area contributed by atoms with Crippen molar-refractivity contribution in [1.82, 2.24) is 10.6 Å². The van der Waals surface area contributed by atoms with E-state index in [1.807, 2.05) is 12.1 Å². The van der Waals surface area contributed by atoms with Gasteiger partial charge in [0.15, 0.2) is 0 Å². The number of benzene rings is 1. The summed E-state index contributed by atoms with van der Waals surface area (Å²) in [7, 11) is 0. The first-order valence-electron chi connectivity index (χ1n) is 7.10. The maximum absolute atomic E-state index is 12.5. The van der Waals surface area contributed by atoms with E-state index >= 15 is 0 Å². The zero-order chi connectivity index (χ0) is 13.9. The fraction of sp³-hybridized carbons (Fsp3) is 0.562. The molecule has 1 fully saturated rings. The highest BCUT2D eigenvalue weighted by Crippen LogP contribution is 2.29. The van der Waals surface area contributed by atoms with Gasteiger partial charge in [0.1, 0.15) is 0 Å². The summed E-state index contributed by atoms with van der Waals surface area (Å²) < 4.78 is 0. The van der Waals surface area contributed by atoms with Crippen LogP contribution in [0.2, 0.25) is 0 Å². The Morgan fingerprint density at radius 3 is 2.58 bits per heavy atom. The minimum atomic E-state index is -0.220. The molecule has 1 aliphatic heterocycles. The Morgan fingerprint density at radius 1 is 1.32 bits per heavy atom. The summed E-state index contributed by atoms with van der Waals surface area (Å²) in [5, 5.41) is 6.49. The average Bonchev–Trinajstić information content (AvgIpc) is 2.40. The molecular formula is C16H24N2O. The molecule has 0 radical (unpaired) electrons. The van der Waals surface area contributed by atoms with Crippen LogP contribution in [-0.4, -0.2) is 19.0 Å². The summed E-state index contributed by atoms with van der Waals surface area (Å²) in [6.45, 7) is 8.09. The van der Waals surface area contributed by atoms with Gasteiger partial charge in [-0.05, 0) is 50.9 Å². The predicted octanol–water partition coefficient (Wildman–Crippen LogP) is 2.56. The Balaban J connectivity index is 2.04. The van der Waals surface area contributed by atoms with Gasteiger partial charge in [-0.1, -0.05) is 31.2 Å². The molecule has 1 aromatic carbocycles. The van der Waals surface area contributed by atoms with Crippen molar-refractivity contribution in [3.63, 3.8) is 0 Å². The monoisotopic (exact) mass is 260 g/mol. The highest BCUT2D eigenvalue weighted by Gasteiger charge is 2.35. The Hall–Kier alpha value is -1.35. The Kier molecular flexibility index (Phi) is 4.25. The number of hydrogen-bond donors (Lipinski definition) is 2. The van der Waals surface area contributed by atoms with E-state index in [2.05, 4.69) is 43.5 Å². The number of amides is 1.